The lowest BCUT2D eigenvalue weighted by Gasteiger charge is -2.16. The molecule has 0 amide bonds. The zero-order chi connectivity index (χ0) is 20.8. The minimum Gasteiger partial charge on any atom is -0.481 e. The van der Waals surface area contributed by atoms with E-state index in [0.29, 0.717) is 25.7 Å². The van der Waals surface area contributed by atoms with E-state index in [4.69, 9.17) is 9.84 Å². The summed E-state index contributed by atoms with van der Waals surface area (Å²) in [5.74, 6) is -0.784. The van der Waals surface area contributed by atoms with Crippen molar-refractivity contribution in [2.45, 2.75) is 82.4 Å². The first kappa shape index (κ1) is 24.3. The van der Waals surface area contributed by atoms with E-state index in [1.807, 2.05) is 43.4 Å². The Hall–Kier alpha value is -1.73. The maximum Gasteiger partial charge on any atom is 0.303 e. The fourth-order valence-electron chi connectivity index (χ4n) is 2.82. The molecule has 0 saturated carbocycles. The summed E-state index contributed by atoms with van der Waals surface area (Å²) in [6.45, 7) is 1.87. The van der Waals surface area contributed by atoms with Gasteiger partial charge in [-0.1, -0.05) is 55.5 Å². The third-order valence-electron chi connectivity index (χ3n) is 4.50. The predicted octanol–water partition coefficient (Wildman–Crippen LogP) is 2.90. The molecule has 0 unspecified atom stereocenters. The summed E-state index contributed by atoms with van der Waals surface area (Å²) in [5, 5.41) is 38.3. The minimum atomic E-state index is -0.784. The van der Waals surface area contributed by atoms with Crippen LogP contribution in [-0.4, -0.2) is 56.9 Å². The minimum absolute atomic E-state index is 0.160. The fraction of sp³-hybridized carbons (Fsp3) is 0.591. The Labute approximate surface area is 167 Å². The van der Waals surface area contributed by atoms with Gasteiger partial charge in [0, 0.05) is 12.8 Å². The first-order chi connectivity index (χ1) is 13.4. The number of hydrogen-bond acceptors (Lipinski definition) is 5. The molecule has 6 heteroatoms. The molecule has 1 rings (SSSR count). The number of aliphatic carboxylic acids is 1. The molecule has 4 N–H and O–H groups in total. The Morgan fingerprint density at radius 3 is 2.39 bits per heavy atom. The van der Waals surface area contributed by atoms with Crippen LogP contribution in [0.1, 0.15) is 51.9 Å². The first-order valence-corrected chi connectivity index (χ1v) is 9.98. The molecule has 1 saturated heterocycles. The molecule has 0 aromatic carbocycles. The molecule has 1 heterocycles. The molecule has 28 heavy (non-hydrogen) atoms. The predicted molar refractivity (Wildman–Crippen MR) is 109 cm³/mol. The Kier molecular flexibility index (Phi) is 12.4. The monoisotopic (exact) mass is 394 g/mol. The summed E-state index contributed by atoms with van der Waals surface area (Å²) in [6.07, 6.45) is 16.0. The van der Waals surface area contributed by atoms with Crippen molar-refractivity contribution in [1.29, 1.82) is 0 Å². The summed E-state index contributed by atoms with van der Waals surface area (Å²) in [4.78, 5) is 10.3. The summed E-state index contributed by atoms with van der Waals surface area (Å²) < 4.78 is 5.63. The molecule has 6 nitrogen and oxygen atoms in total. The van der Waals surface area contributed by atoms with Gasteiger partial charge in [-0.15, -0.1) is 0 Å². The van der Waals surface area contributed by atoms with E-state index >= 15 is 0 Å². The Morgan fingerprint density at radius 1 is 1.11 bits per heavy atom. The second kappa shape index (κ2) is 14.3. The number of carbonyl (C=O) groups is 1. The number of aliphatic hydroxyl groups excluding tert-OH is 3. The van der Waals surface area contributed by atoms with Crippen molar-refractivity contribution in [1.82, 2.24) is 0 Å². The van der Waals surface area contributed by atoms with Gasteiger partial charge in [0.15, 0.2) is 0 Å². The molecule has 0 aromatic heterocycles. The molecule has 0 aliphatic carbocycles. The molecule has 158 valence electrons. The van der Waals surface area contributed by atoms with E-state index in [-0.39, 0.29) is 12.5 Å². The van der Waals surface area contributed by atoms with Gasteiger partial charge in [-0.05, 0) is 32.1 Å². The lowest BCUT2D eigenvalue weighted by atomic mass is 10.1. The number of allylic oxidation sites excluding steroid dienone is 5. The van der Waals surface area contributed by atoms with Crippen LogP contribution in [0.25, 0.3) is 0 Å². The molecular weight excluding hydrogens is 360 g/mol. The van der Waals surface area contributed by atoms with Gasteiger partial charge in [0.25, 0.3) is 0 Å². The van der Waals surface area contributed by atoms with Crippen molar-refractivity contribution in [3.05, 3.63) is 48.6 Å². The Balaban J connectivity index is 2.18. The molecule has 5 atom stereocenters. The number of aliphatic hydroxyl groups is 3. The Morgan fingerprint density at radius 2 is 1.75 bits per heavy atom. The molecule has 0 bridgehead atoms. The smallest absolute Gasteiger partial charge is 0.303 e. The van der Waals surface area contributed by atoms with E-state index in [0.717, 1.165) is 12.8 Å². The van der Waals surface area contributed by atoms with Crippen LogP contribution in [0.4, 0.5) is 0 Å². The van der Waals surface area contributed by atoms with Crippen LogP contribution >= 0.6 is 0 Å². The summed E-state index contributed by atoms with van der Waals surface area (Å²) in [7, 11) is 0. The lowest BCUT2D eigenvalue weighted by Crippen LogP contribution is -2.25. The van der Waals surface area contributed by atoms with Gasteiger partial charge in [0.2, 0.25) is 0 Å². The van der Waals surface area contributed by atoms with Crippen LogP contribution in [0.15, 0.2) is 48.6 Å². The highest BCUT2D eigenvalue weighted by atomic mass is 16.5. The van der Waals surface area contributed by atoms with Crippen LogP contribution in [0, 0.1) is 0 Å². The topological polar surface area (TPSA) is 107 Å². The molecule has 1 fully saturated rings. The molecule has 0 radical (unpaired) electrons. The summed E-state index contributed by atoms with van der Waals surface area (Å²) in [6, 6.07) is 0. The van der Waals surface area contributed by atoms with Gasteiger partial charge in [0.1, 0.15) is 6.10 Å². The second-order valence-corrected chi connectivity index (χ2v) is 6.92. The highest BCUT2D eigenvalue weighted by molar-refractivity contribution is 5.66. The van der Waals surface area contributed by atoms with E-state index in [9.17, 15) is 20.1 Å². The van der Waals surface area contributed by atoms with E-state index in [1.165, 1.54) is 0 Å². The van der Waals surface area contributed by atoms with Crippen LogP contribution in [0.3, 0.4) is 0 Å². The van der Waals surface area contributed by atoms with E-state index < -0.39 is 30.4 Å². The molecular formula is C22H34O6. The molecule has 1 aliphatic rings. The van der Waals surface area contributed by atoms with E-state index in [2.05, 4.69) is 0 Å². The summed E-state index contributed by atoms with van der Waals surface area (Å²) >= 11 is 0. The number of ether oxygens (including phenoxy) is 1. The number of carboxylic acid groups (broad SMARTS) is 1. The van der Waals surface area contributed by atoms with Crippen LogP contribution in [0.5, 0.6) is 0 Å². The molecule has 1 aliphatic heterocycles. The lowest BCUT2D eigenvalue weighted by molar-refractivity contribution is -0.136. The molecule has 0 aromatic rings. The van der Waals surface area contributed by atoms with Crippen molar-refractivity contribution in [3.63, 3.8) is 0 Å². The standard InChI is InChI=1S/C22H34O6/c1-2-18(24)21-16-19(25)20(28-21)15-14-17(23)12-10-8-6-4-3-5-7-9-11-13-22(26)27/h3-4,7-10,14-15,17-21,23-25H,2,5-6,11-13,16H2,1H3,(H,26,27)/b4-3-,9-7-,10-8-,15-14+/t17-,18-,19+,20+,21-/m0/s1. The van der Waals surface area contributed by atoms with Gasteiger partial charge >= 0.3 is 5.97 Å². The number of rotatable bonds is 13. The zero-order valence-corrected chi connectivity index (χ0v) is 16.6. The maximum absolute atomic E-state index is 10.3. The second-order valence-electron chi connectivity index (χ2n) is 6.92. The van der Waals surface area contributed by atoms with Gasteiger partial charge < -0.3 is 25.2 Å². The van der Waals surface area contributed by atoms with Crippen LogP contribution < -0.4 is 0 Å². The number of hydrogen-bond donors (Lipinski definition) is 4. The van der Waals surface area contributed by atoms with Gasteiger partial charge in [0.05, 0.1) is 24.4 Å². The molecule has 0 spiro atoms. The third-order valence-corrected chi connectivity index (χ3v) is 4.50. The van der Waals surface area contributed by atoms with Crippen molar-refractivity contribution in [2.75, 3.05) is 0 Å². The quantitative estimate of drug-likeness (QED) is 0.358. The van der Waals surface area contributed by atoms with Gasteiger partial charge in [-0.25, -0.2) is 0 Å². The van der Waals surface area contributed by atoms with Crippen LogP contribution in [-0.2, 0) is 9.53 Å². The average molecular weight is 395 g/mol. The van der Waals surface area contributed by atoms with Crippen LogP contribution in [0.2, 0.25) is 0 Å². The van der Waals surface area contributed by atoms with Gasteiger partial charge in [-0.3, -0.25) is 4.79 Å². The maximum atomic E-state index is 10.3. The highest BCUT2D eigenvalue weighted by Crippen LogP contribution is 2.25. The number of carboxylic acids is 1. The fourth-order valence-corrected chi connectivity index (χ4v) is 2.82. The van der Waals surface area contributed by atoms with Crippen molar-refractivity contribution in [2.24, 2.45) is 0 Å². The SMILES string of the molecule is CC[C@H](O)[C@@H]1C[C@@H](O)[C@@H](/C=C/[C@@H](O)C/C=C\C/C=C\C/C=C\CCC(=O)O)O1. The zero-order valence-electron chi connectivity index (χ0n) is 16.6. The van der Waals surface area contributed by atoms with Crippen molar-refractivity contribution < 1.29 is 30.0 Å². The highest BCUT2D eigenvalue weighted by Gasteiger charge is 2.35. The summed E-state index contributed by atoms with van der Waals surface area (Å²) in [5.41, 5.74) is 0. The Bertz CT molecular complexity index is 551. The van der Waals surface area contributed by atoms with Crippen molar-refractivity contribution in [3.8, 4) is 0 Å². The van der Waals surface area contributed by atoms with Crippen molar-refractivity contribution >= 4 is 5.97 Å². The normalized spacial score (nSPS) is 25.5. The largest absolute Gasteiger partial charge is 0.481 e. The average Bonchev–Trinajstić information content (AvgIpc) is 3.04. The first-order valence-electron chi connectivity index (χ1n) is 9.98. The van der Waals surface area contributed by atoms with E-state index in [1.54, 1.807) is 12.2 Å². The third kappa shape index (κ3) is 10.6. The van der Waals surface area contributed by atoms with Gasteiger partial charge in [-0.2, -0.15) is 0 Å².